The Kier molecular flexibility index (Phi) is 5.41. The molecule has 9 heavy (non-hydrogen) atoms. The maximum atomic E-state index is 2.00. The summed E-state index contributed by atoms with van der Waals surface area (Å²) in [6.07, 6.45) is 16.0. The van der Waals surface area contributed by atoms with Crippen LogP contribution in [0.2, 0.25) is 0 Å². The zero-order valence-electron chi connectivity index (χ0n) is 6.62. The monoisotopic (exact) mass is 112 g/mol. The van der Waals surface area contributed by atoms with E-state index in [1.165, 1.54) is 0 Å². The van der Waals surface area contributed by atoms with E-state index in [-0.39, 0.29) is 20.3 Å². The van der Waals surface area contributed by atoms with Gasteiger partial charge in [-0.2, -0.15) is 0 Å². The molecule has 1 aliphatic carbocycles. The summed E-state index contributed by atoms with van der Waals surface area (Å²) in [4.78, 5) is 0. The van der Waals surface area contributed by atoms with Crippen LogP contribution in [-0.2, 0) is 0 Å². The van der Waals surface area contributed by atoms with Crippen molar-refractivity contribution in [2.75, 3.05) is 0 Å². The van der Waals surface area contributed by atoms with Gasteiger partial charge >= 0.3 is 18.9 Å². The van der Waals surface area contributed by atoms with Gasteiger partial charge in [-0.3, -0.25) is 0 Å². The molecular weight excluding hydrogens is 103 g/mol. The van der Waals surface area contributed by atoms with Gasteiger partial charge in [0.2, 0.25) is 0 Å². The summed E-state index contributed by atoms with van der Waals surface area (Å²) in [7, 11) is 0. The van der Waals surface area contributed by atoms with Crippen molar-refractivity contribution in [2.45, 2.75) is 0 Å². The van der Waals surface area contributed by atoms with Gasteiger partial charge in [0.05, 0.1) is 0 Å². The number of rotatable bonds is 0. The summed E-state index contributed by atoms with van der Waals surface area (Å²) >= 11 is 0. The van der Waals surface area contributed by atoms with Crippen molar-refractivity contribution in [2.24, 2.45) is 0 Å². The summed E-state index contributed by atoms with van der Waals surface area (Å²) in [5.41, 5.74) is 0. The van der Waals surface area contributed by atoms with E-state index in [0.717, 1.165) is 0 Å². The maximum absolute atomic E-state index is 2.00. The second-order valence-corrected chi connectivity index (χ2v) is 1.54. The molecule has 0 bridgehead atoms. The van der Waals surface area contributed by atoms with Gasteiger partial charge in [-0.1, -0.05) is 48.6 Å². The van der Waals surface area contributed by atoms with Crippen molar-refractivity contribution >= 4 is 0 Å². The van der Waals surface area contributed by atoms with Gasteiger partial charge < -0.3 is 1.43 Å². The molecule has 0 aromatic carbocycles. The van der Waals surface area contributed by atoms with Crippen LogP contribution >= 0.6 is 0 Å². The smallest absolute Gasteiger partial charge is 1.00 e. The third kappa shape index (κ3) is 4.09. The van der Waals surface area contributed by atoms with Crippen molar-refractivity contribution in [3.05, 3.63) is 48.6 Å². The fraction of sp³-hybridized carbons (Fsp3) is 0. The first-order valence-electron chi connectivity index (χ1n) is 2.67. The predicted octanol–water partition coefficient (Wildman–Crippen LogP) is -0.659. The van der Waals surface area contributed by atoms with Gasteiger partial charge in [0.1, 0.15) is 0 Å². The quantitative estimate of drug-likeness (QED) is 0.365. The van der Waals surface area contributed by atoms with Crippen LogP contribution in [0.4, 0.5) is 0 Å². The van der Waals surface area contributed by atoms with Gasteiger partial charge in [-0.25, -0.2) is 0 Å². The first kappa shape index (κ1) is 8.56. The molecule has 0 unspecified atom stereocenters. The van der Waals surface area contributed by atoms with E-state index in [0.29, 0.717) is 0 Å². The molecule has 1 aliphatic rings. The molecule has 0 fully saturated rings. The van der Waals surface area contributed by atoms with Crippen LogP contribution in [0.25, 0.3) is 0 Å². The van der Waals surface area contributed by atoms with Crippen LogP contribution in [0.5, 0.6) is 0 Å². The minimum Gasteiger partial charge on any atom is -1.00 e. The molecule has 0 N–H and O–H groups in total. The minimum absolute atomic E-state index is 0. The average Bonchev–Trinajstić information content (AvgIpc) is 1.62. The Morgan fingerprint density at radius 1 is 0.444 bits per heavy atom. The summed E-state index contributed by atoms with van der Waals surface area (Å²) in [5, 5.41) is 0. The predicted molar refractivity (Wildman–Crippen MR) is 37.7 cm³/mol. The van der Waals surface area contributed by atoms with Crippen LogP contribution in [0.15, 0.2) is 48.6 Å². The van der Waals surface area contributed by atoms with Gasteiger partial charge in [-0.15, -0.1) is 0 Å². The van der Waals surface area contributed by atoms with Crippen molar-refractivity contribution in [1.29, 1.82) is 0 Å². The average molecular weight is 112 g/mol. The Bertz CT molecular complexity index is 110. The Balaban J connectivity index is 0. The van der Waals surface area contributed by atoms with E-state index in [4.69, 9.17) is 0 Å². The maximum Gasteiger partial charge on any atom is 1.00 e. The molecule has 1 heteroatoms. The SMILES string of the molecule is C1=C/C=C\C=C/C=C1.[H-].[Li+]. The van der Waals surface area contributed by atoms with Crippen LogP contribution in [0.1, 0.15) is 1.43 Å². The molecule has 0 spiro atoms. The Morgan fingerprint density at radius 2 is 0.556 bits per heavy atom. The topological polar surface area (TPSA) is 0 Å². The van der Waals surface area contributed by atoms with E-state index in [1.54, 1.807) is 0 Å². The van der Waals surface area contributed by atoms with Gasteiger partial charge in [0.15, 0.2) is 0 Å². The molecule has 0 aliphatic heterocycles. The van der Waals surface area contributed by atoms with Gasteiger partial charge in [0, 0.05) is 0 Å². The Hall–Kier alpha value is -0.443. The van der Waals surface area contributed by atoms with Crippen molar-refractivity contribution in [3.63, 3.8) is 0 Å². The Morgan fingerprint density at radius 3 is 0.667 bits per heavy atom. The summed E-state index contributed by atoms with van der Waals surface area (Å²) in [6, 6.07) is 0. The van der Waals surface area contributed by atoms with Gasteiger partial charge in [-0.05, 0) is 0 Å². The summed E-state index contributed by atoms with van der Waals surface area (Å²) < 4.78 is 0. The van der Waals surface area contributed by atoms with E-state index >= 15 is 0 Å². The second kappa shape index (κ2) is 5.69. The van der Waals surface area contributed by atoms with E-state index in [1.807, 2.05) is 48.6 Å². The van der Waals surface area contributed by atoms with Crippen molar-refractivity contribution < 1.29 is 20.3 Å². The fourth-order valence-electron chi connectivity index (χ4n) is 0.513. The van der Waals surface area contributed by atoms with Crippen LogP contribution in [0, 0.1) is 0 Å². The Labute approximate surface area is 69.3 Å². The normalized spacial score (nSPS) is 21.3. The molecule has 1 rings (SSSR count). The largest absolute Gasteiger partial charge is 1.00 e. The number of hydrogen-bond donors (Lipinski definition) is 0. The van der Waals surface area contributed by atoms with E-state index in [2.05, 4.69) is 0 Å². The van der Waals surface area contributed by atoms with Crippen LogP contribution in [-0.4, -0.2) is 0 Å². The fourth-order valence-corrected chi connectivity index (χ4v) is 0.513. The van der Waals surface area contributed by atoms with Crippen molar-refractivity contribution in [1.82, 2.24) is 0 Å². The zero-order chi connectivity index (χ0) is 5.66. The first-order valence-corrected chi connectivity index (χ1v) is 2.67. The molecule has 0 nitrogen and oxygen atoms in total. The second-order valence-electron chi connectivity index (χ2n) is 1.54. The molecule has 0 amide bonds. The molecule has 0 saturated heterocycles. The molecule has 0 aromatic heterocycles. The number of allylic oxidation sites excluding steroid dienone is 8. The standard InChI is InChI=1S/C8H8.Li.H/c1-2-4-6-8-7-5-3-1;;/h1-8H;;/q;+1;-1/b2-1-,3-1?,4-2?,5-3-,6-4?,7-5?,8-6?,8-7?;;. The first-order chi connectivity index (χ1) is 4.00. The van der Waals surface area contributed by atoms with Crippen LogP contribution < -0.4 is 18.9 Å². The summed E-state index contributed by atoms with van der Waals surface area (Å²) in [6.45, 7) is 0. The van der Waals surface area contributed by atoms with Gasteiger partial charge in [0.25, 0.3) is 0 Å². The molecule has 0 atom stereocenters. The number of hydrogen-bond acceptors (Lipinski definition) is 0. The minimum atomic E-state index is 0. The molecule has 0 saturated carbocycles. The molecule has 0 radical (unpaired) electrons. The van der Waals surface area contributed by atoms with E-state index in [9.17, 15) is 0 Å². The summed E-state index contributed by atoms with van der Waals surface area (Å²) in [5.74, 6) is 0. The molecule has 0 heterocycles. The molecule has 42 valence electrons. The van der Waals surface area contributed by atoms with Crippen molar-refractivity contribution in [3.8, 4) is 0 Å². The molecule has 0 aromatic rings. The third-order valence-electron chi connectivity index (χ3n) is 0.889. The van der Waals surface area contributed by atoms with Crippen LogP contribution in [0.3, 0.4) is 0 Å². The third-order valence-corrected chi connectivity index (χ3v) is 0.889. The van der Waals surface area contributed by atoms with E-state index < -0.39 is 0 Å². The zero-order valence-corrected chi connectivity index (χ0v) is 5.62. The molecular formula is C8H9Li.